The molecule has 0 unspecified atom stereocenters. The van der Waals surface area contributed by atoms with E-state index in [1.807, 2.05) is 11.4 Å². The summed E-state index contributed by atoms with van der Waals surface area (Å²) >= 11 is 4.76. The van der Waals surface area contributed by atoms with Gasteiger partial charge in [0.25, 0.3) is 5.91 Å². The minimum absolute atomic E-state index is 0.104. The number of halogens is 1. The van der Waals surface area contributed by atoms with Crippen molar-refractivity contribution in [2.24, 2.45) is 5.92 Å². The summed E-state index contributed by atoms with van der Waals surface area (Å²) in [4.78, 5) is 12.7. The van der Waals surface area contributed by atoms with Crippen LogP contribution >= 0.6 is 27.3 Å². The fraction of sp³-hybridized carbons (Fsp3) is 0.643. The lowest BCUT2D eigenvalue weighted by molar-refractivity contribution is -0.00784. The van der Waals surface area contributed by atoms with Gasteiger partial charge in [0.05, 0.1) is 5.60 Å². The molecule has 0 aromatic carbocycles. The van der Waals surface area contributed by atoms with E-state index < -0.39 is 5.60 Å². The number of carbonyl (C=O) groups excluding carboxylic acids is 1. The molecule has 1 aliphatic carbocycles. The third kappa shape index (κ3) is 3.80. The zero-order valence-corrected chi connectivity index (χ0v) is 13.5. The first-order chi connectivity index (χ1) is 9.04. The van der Waals surface area contributed by atoms with Crippen LogP contribution in [-0.4, -0.2) is 23.2 Å². The number of carbonyl (C=O) groups is 1. The number of rotatable bonds is 4. The summed E-state index contributed by atoms with van der Waals surface area (Å²) in [6, 6.07) is 1.86. The van der Waals surface area contributed by atoms with Crippen LogP contribution in [0.15, 0.2) is 15.9 Å². The fourth-order valence-corrected chi connectivity index (χ4v) is 4.05. The van der Waals surface area contributed by atoms with Crippen LogP contribution in [0, 0.1) is 5.92 Å². The Balaban J connectivity index is 1.85. The lowest BCUT2D eigenvalue weighted by atomic mass is 9.78. The van der Waals surface area contributed by atoms with Crippen LogP contribution in [0.3, 0.4) is 0 Å². The van der Waals surface area contributed by atoms with E-state index in [0.717, 1.165) is 36.1 Å². The number of amides is 1. The Hall–Kier alpha value is -0.390. The SMILES string of the molecule is CCC1CCC(O)(CNC(=O)c2sccc2Br)CC1. The molecule has 106 valence electrons. The fourth-order valence-electron chi connectivity index (χ4n) is 2.58. The first-order valence-corrected chi connectivity index (χ1v) is 8.45. The molecule has 19 heavy (non-hydrogen) atoms. The van der Waals surface area contributed by atoms with Gasteiger partial charge in [0.15, 0.2) is 0 Å². The Morgan fingerprint density at radius 1 is 1.58 bits per heavy atom. The van der Waals surface area contributed by atoms with E-state index in [9.17, 15) is 9.90 Å². The molecule has 3 nitrogen and oxygen atoms in total. The molecule has 0 atom stereocenters. The maximum Gasteiger partial charge on any atom is 0.262 e. The monoisotopic (exact) mass is 345 g/mol. The average Bonchev–Trinajstić information content (AvgIpc) is 2.83. The predicted octanol–water partition coefficient (Wildman–Crippen LogP) is 3.57. The maximum atomic E-state index is 12.0. The lowest BCUT2D eigenvalue weighted by Crippen LogP contribution is -2.45. The summed E-state index contributed by atoms with van der Waals surface area (Å²) in [7, 11) is 0. The van der Waals surface area contributed by atoms with Gasteiger partial charge in [-0.2, -0.15) is 0 Å². The average molecular weight is 346 g/mol. The van der Waals surface area contributed by atoms with Gasteiger partial charge in [-0.15, -0.1) is 11.3 Å². The highest BCUT2D eigenvalue weighted by molar-refractivity contribution is 9.10. The Labute approximate surface area is 126 Å². The van der Waals surface area contributed by atoms with Crippen molar-refractivity contribution in [2.45, 2.75) is 44.6 Å². The molecule has 1 heterocycles. The van der Waals surface area contributed by atoms with E-state index in [1.165, 1.54) is 17.8 Å². The molecule has 0 saturated heterocycles. The number of aliphatic hydroxyl groups is 1. The van der Waals surface area contributed by atoms with Crippen molar-refractivity contribution >= 4 is 33.2 Å². The smallest absolute Gasteiger partial charge is 0.262 e. The summed E-state index contributed by atoms with van der Waals surface area (Å²) in [6.07, 6.45) is 4.89. The van der Waals surface area contributed by atoms with Crippen molar-refractivity contribution in [3.05, 3.63) is 20.8 Å². The molecule has 1 amide bonds. The first kappa shape index (κ1) is 15.0. The van der Waals surface area contributed by atoms with E-state index in [-0.39, 0.29) is 5.91 Å². The molecule has 5 heteroatoms. The standard InChI is InChI=1S/C14H20BrNO2S/c1-2-10-3-6-14(18,7-4-10)9-16-13(17)12-11(15)5-8-19-12/h5,8,10,18H,2-4,6-7,9H2,1H3,(H,16,17). The molecule has 2 N–H and O–H groups in total. The highest BCUT2D eigenvalue weighted by atomic mass is 79.9. The molecule has 1 aromatic heterocycles. The van der Waals surface area contributed by atoms with Crippen molar-refractivity contribution in [1.29, 1.82) is 0 Å². The van der Waals surface area contributed by atoms with Crippen molar-refractivity contribution < 1.29 is 9.90 Å². The number of thiophene rings is 1. The van der Waals surface area contributed by atoms with Gasteiger partial charge in [-0.3, -0.25) is 4.79 Å². The summed E-state index contributed by atoms with van der Waals surface area (Å²) < 4.78 is 0.816. The summed E-state index contributed by atoms with van der Waals surface area (Å²) in [5, 5.41) is 15.2. The van der Waals surface area contributed by atoms with Crippen LogP contribution < -0.4 is 5.32 Å². The van der Waals surface area contributed by atoms with Crippen molar-refractivity contribution in [1.82, 2.24) is 5.32 Å². The molecule has 0 radical (unpaired) electrons. The second-order valence-corrected chi connectivity index (χ2v) is 7.13. The maximum absolute atomic E-state index is 12.0. The normalized spacial score (nSPS) is 27.2. The highest BCUT2D eigenvalue weighted by Gasteiger charge is 2.33. The minimum atomic E-state index is -0.717. The Morgan fingerprint density at radius 3 is 2.79 bits per heavy atom. The second-order valence-electron chi connectivity index (χ2n) is 5.36. The van der Waals surface area contributed by atoms with Crippen LogP contribution in [-0.2, 0) is 0 Å². The summed E-state index contributed by atoms with van der Waals surface area (Å²) in [6.45, 7) is 2.55. The van der Waals surface area contributed by atoms with Gasteiger partial charge in [-0.1, -0.05) is 13.3 Å². The van der Waals surface area contributed by atoms with Gasteiger partial charge in [0.1, 0.15) is 4.88 Å². The molecular weight excluding hydrogens is 326 g/mol. The summed E-state index contributed by atoms with van der Waals surface area (Å²) in [5.74, 6) is 0.635. The third-order valence-corrected chi connectivity index (χ3v) is 5.85. The van der Waals surface area contributed by atoms with E-state index >= 15 is 0 Å². The van der Waals surface area contributed by atoms with Crippen LogP contribution in [0.2, 0.25) is 0 Å². The van der Waals surface area contributed by atoms with Crippen molar-refractivity contribution in [3.63, 3.8) is 0 Å². The zero-order valence-electron chi connectivity index (χ0n) is 11.1. The van der Waals surface area contributed by atoms with Crippen LogP contribution in [0.5, 0.6) is 0 Å². The number of hydrogen-bond acceptors (Lipinski definition) is 3. The quantitative estimate of drug-likeness (QED) is 0.876. The molecule has 2 rings (SSSR count). The molecular formula is C14H20BrNO2S. The second kappa shape index (κ2) is 6.37. The van der Waals surface area contributed by atoms with E-state index in [1.54, 1.807) is 0 Å². The van der Waals surface area contributed by atoms with Gasteiger partial charge in [0.2, 0.25) is 0 Å². The number of nitrogens with one attached hydrogen (secondary N) is 1. The van der Waals surface area contributed by atoms with Gasteiger partial charge >= 0.3 is 0 Å². The number of hydrogen-bond donors (Lipinski definition) is 2. The van der Waals surface area contributed by atoms with E-state index in [0.29, 0.717) is 11.4 Å². The van der Waals surface area contributed by atoms with Crippen LogP contribution in [0.1, 0.15) is 48.7 Å². The zero-order chi connectivity index (χ0) is 13.9. The minimum Gasteiger partial charge on any atom is -0.388 e. The Bertz CT molecular complexity index is 438. The first-order valence-electron chi connectivity index (χ1n) is 6.77. The topological polar surface area (TPSA) is 49.3 Å². The van der Waals surface area contributed by atoms with Gasteiger partial charge in [0, 0.05) is 11.0 Å². The molecule has 1 aromatic rings. The predicted molar refractivity (Wildman–Crippen MR) is 81.6 cm³/mol. The van der Waals surface area contributed by atoms with Crippen LogP contribution in [0.4, 0.5) is 0 Å². The lowest BCUT2D eigenvalue weighted by Gasteiger charge is -2.35. The molecule has 1 aliphatic rings. The van der Waals surface area contributed by atoms with Gasteiger partial charge < -0.3 is 10.4 Å². The molecule has 1 fully saturated rings. The largest absolute Gasteiger partial charge is 0.388 e. The van der Waals surface area contributed by atoms with Gasteiger partial charge in [-0.05, 0) is 59.0 Å². The highest BCUT2D eigenvalue weighted by Crippen LogP contribution is 2.33. The van der Waals surface area contributed by atoms with Gasteiger partial charge in [-0.25, -0.2) is 0 Å². The molecule has 0 spiro atoms. The van der Waals surface area contributed by atoms with E-state index in [2.05, 4.69) is 28.2 Å². The summed E-state index contributed by atoms with van der Waals surface area (Å²) in [5.41, 5.74) is -0.717. The van der Waals surface area contributed by atoms with Crippen molar-refractivity contribution in [2.75, 3.05) is 6.54 Å². The molecule has 0 aliphatic heterocycles. The third-order valence-electron chi connectivity index (χ3n) is 4.01. The molecule has 1 saturated carbocycles. The Morgan fingerprint density at radius 2 is 2.26 bits per heavy atom. The molecule has 0 bridgehead atoms. The van der Waals surface area contributed by atoms with E-state index in [4.69, 9.17) is 0 Å². The van der Waals surface area contributed by atoms with Crippen molar-refractivity contribution in [3.8, 4) is 0 Å². The van der Waals surface area contributed by atoms with Crippen LogP contribution in [0.25, 0.3) is 0 Å². The Kier molecular flexibility index (Phi) is 5.03.